The molecular weight excluding hydrogens is 262 g/mol. The van der Waals surface area contributed by atoms with Gasteiger partial charge in [-0.25, -0.2) is 0 Å². The number of carbonyl (C=O) groups is 2. The van der Waals surface area contributed by atoms with Gasteiger partial charge in [-0.2, -0.15) is 0 Å². The van der Waals surface area contributed by atoms with E-state index < -0.39 is 10.3 Å². The molecule has 0 aromatic heterocycles. The van der Waals surface area contributed by atoms with Crippen LogP contribution in [-0.4, -0.2) is 16.7 Å². The number of amides is 2. The third kappa shape index (κ3) is 2.47. The van der Waals surface area contributed by atoms with Gasteiger partial charge in [-0.1, -0.05) is 13.8 Å². The Morgan fingerprint density at radius 2 is 2.10 bits per heavy atom. The van der Waals surface area contributed by atoms with Gasteiger partial charge in [0, 0.05) is 24.8 Å². The van der Waals surface area contributed by atoms with Crippen LogP contribution >= 0.6 is 0 Å². The monoisotopic (exact) mass is 277 g/mol. The van der Waals surface area contributed by atoms with Gasteiger partial charge >= 0.3 is 0 Å². The molecule has 0 unspecified atom stereocenters. The minimum Gasteiger partial charge on any atom is -0.326 e. The normalized spacial score (nSPS) is 16.1. The number of nitro benzene ring substituents is 1. The quantitative estimate of drug-likeness (QED) is 0.638. The number of nitro groups is 1. The van der Waals surface area contributed by atoms with Crippen LogP contribution in [0.15, 0.2) is 12.1 Å². The molecule has 2 amide bonds. The summed E-state index contributed by atoms with van der Waals surface area (Å²) in [5, 5.41) is 16.2. The van der Waals surface area contributed by atoms with Gasteiger partial charge in [0.25, 0.3) is 5.69 Å². The fourth-order valence-corrected chi connectivity index (χ4v) is 2.38. The molecule has 0 saturated carbocycles. The Hall–Kier alpha value is -2.44. The van der Waals surface area contributed by atoms with Crippen LogP contribution < -0.4 is 10.6 Å². The second-order valence-electron chi connectivity index (χ2n) is 5.46. The number of carbonyl (C=O) groups excluding carboxylic acids is 2. The number of anilines is 2. The molecule has 1 aromatic carbocycles. The maximum Gasteiger partial charge on any atom is 0.294 e. The Labute approximate surface area is 115 Å². The second kappa shape index (κ2) is 4.59. The summed E-state index contributed by atoms with van der Waals surface area (Å²) in [6.45, 7) is 5.05. The third-order valence-electron chi connectivity index (χ3n) is 3.25. The lowest BCUT2D eigenvalue weighted by molar-refractivity contribution is -0.383. The fraction of sp³-hybridized carbons (Fsp3) is 0.385. The van der Waals surface area contributed by atoms with Crippen molar-refractivity contribution in [2.24, 2.45) is 0 Å². The summed E-state index contributed by atoms with van der Waals surface area (Å²) in [5.74, 6) is -0.560. The first kappa shape index (κ1) is 14.0. The van der Waals surface area contributed by atoms with Crippen LogP contribution in [0.2, 0.25) is 0 Å². The van der Waals surface area contributed by atoms with Crippen LogP contribution in [0.5, 0.6) is 0 Å². The number of nitrogens with zero attached hydrogens (tertiary/aromatic N) is 1. The summed E-state index contributed by atoms with van der Waals surface area (Å²) >= 11 is 0. The first-order valence-electron chi connectivity index (χ1n) is 6.11. The van der Waals surface area contributed by atoms with Crippen molar-refractivity contribution in [3.8, 4) is 0 Å². The molecule has 1 aromatic rings. The van der Waals surface area contributed by atoms with Gasteiger partial charge in [-0.15, -0.1) is 0 Å². The van der Waals surface area contributed by atoms with E-state index in [1.54, 1.807) is 6.07 Å². The number of nitrogens with one attached hydrogen (secondary N) is 2. The van der Waals surface area contributed by atoms with Crippen LogP contribution in [0.25, 0.3) is 0 Å². The molecule has 7 nitrogen and oxygen atoms in total. The number of hydrogen-bond acceptors (Lipinski definition) is 4. The van der Waals surface area contributed by atoms with Crippen molar-refractivity contribution in [1.29, 1.82) is 0 Å². The summed E-state index contributed by atoms with van der Waals surface area (Å²) in [6.07, 6.45) is 0.289. The van der Waals surface area contributed by atoms with E-state index >= 15 is 0 Å². The number of rotatable bonds is 2. The minimum atomic E-state index is -0.584. The van der Waals surface area contributed by atoms with E-state index in [0.717, 1.165) is 5.56 Å². The van der Waals surface area contributed by atoms with Gasteiger partial charge in [0.05, 0.1) is 10.6 Å². The molecule has 0 aliphatic carbocycles. The third-order valence-corrected chi connectivity index (χ3v) is 3.25. The predicted molar refractivity (Wildman–Crippen MR) is 73.7 cm³/mol. The minimum absolute atomic E-state index is 0.144. The second-order valence-corrected chi connectivity index (χ2v) is 5.46. The molecule has 2 rings (SSSR count). The maximum atomic E-state index is 11.6. The smallest absolute Gasteiger partial charge is 0.294 e. The topological polar surface area (TPSA) is 101 Å². The molecule has 0 spiro atoms. The van der Waals surface area contributed by atoms with Crippen LogP contribution in [-0.2, 0) is 15.0 Å². The molecule has 0 bridgehead atoms. The molecule has 0 atom stereocenters. The van der Waals surface area contributed by atoms with E-state index in [-0.39, 0.29) is 29.6 Å². The van der Waals surface area contributed by atoms with E-state index in [9.17, 15) is 19.7 Å². The number of fused-ring (bicyclic) bond motifs is 1. The van der Waals surface area contributed by atoms with Gasteiger partial charge in [-0.3, -0.25) is 19.7 Å². The van der Waals surface area contributed by atoms with E-state index in [0.29, 0.717) is 5.69 Å². The van der Waals surface area contributed by atoms with Gasteiger partial charge in [-0.05, 0) is 11.6 Å². The lowest BCUT2D eigenvalue weighted by atomic mass is 9.77. The molecule has 0 saturated heterocycles. The van der Waals surface area contributed by atoms with Gasteiger partial charge in [0.1, 0.15) is 5.69 Å². The van der Waals surface area contributed by atoms with Crippen molar-refractivity contribution in [2.75, 3.05) is 10.6 Å². The highest BCUT2D eigenvalue weighted by molar-refractivity contribution is 5.98. The molecule has 0 radical (unpaired) electrons. The fourth-order valence-electron chi connectivity index (χ4n) is 2.38. The summed E-state index contributed by atoms with van der Waals surface area (Å²) in [4.78, 5) is 33.3. The van der Waals surface area contributed by atoms with Crippen LogP contribution in [0.4, 0.5) is 17.1 Å². The average molecular weight is 277 g/mol. The van der Waals surface area contributed by atoms with E-state index in [1.807, 2.05) is 13.8 Å². The van der Waals surface area contributed by atoms with Gasteiger partial charge in [0.2, 0.25) is 11.8 Å². The molecular formula is C13H15N3O4. The largest absolute Gasteiger partial charge is 0.326 e. The summed E-state index contributed by atoms with van der Waals surface area (Å²) in [7, 11) is 0. The first-order chi connectivity index (χ1) is 9.20. The highest BCUT2D eigenvalue weighted by Gasteiger charge is 2.34. The van der Waals surface area contributed by atoms with E-state index in [4.69, 9.17) is 0 Å². The van der Waals surface area contributed by atoms with Crippen molar-refractivity contribution in [1.82, 2.24) is 0 Å². The van der Waals surface area contributed by atoms with Crippen LogP contribution in [0, 0.1) is 10.1 Å². The molecule has 0 fully saturated rings. The lowest BCUT2D eigenvalue weighted by Gasteiger charge is -2.32. The molecule has 1 heterocycles. The Bertz CT molecular complexity index is 622. The first-order valence-corrected chi connectivity index (χ1v) is 6.11. The standard InChI is InChI=1S/C13H15N3O4/c1-7(17)14-10-4-8-9(5-11(10)16(19)20)15-12(18)6-13(8,2)3/h4-5H,6H2,1-3H3,(H,14,17)(H,15,18). The highest BCUT2D eigenvalue weighted by Crippen LogP contribution is 2.42. The van der Waals surface area contributed by atoms with Gasteiger partial charge < -0.3 is 10.6 Å². The van der Waals surface area contributed by atoms with Crippen LogP contribution in [0.1, 0.15) is 32.8 Å². The molecule has 2 N–H and O–H groups in total. The molecule has 1 aliphatic rings. The Morgan fingerprint density at radius 1 is 1.45 bits per heavy atom. The van der Waals surface area contributed by atoms with E-state index in [2.05, 4.69) is 10.6 Å². The number of hydrogen-bond donors (Lipinski definition) is 2. The predicted octanol–water partition coefficient (Wildman–Crippen LogP) is 2.17. The zero-order valence-electron chi connectivity index (χ0n) is 11.4. The maximum absolute atomic E-state index is 11.6. The average Bonchev–Trinajstić information content (AvgIpc) is 2.27. The lowest BCUT2D eigenvalue weighted by Crippen LogP contribution is -2.32. The Balaban J connectivity index is 2.63. The highest BCUT2D eigenvalue weighted by atomic mass is 16.6. The number of benzene rings is 1. The van der Waals surface area contributed by atoms with Crippen molar-refractivity contribution < 1.29 is 14.5 Å². The Morgan fingerprint density at radius 3 is 2.65 bits per heavy atom. The van der Waals surface area contributed by atoms with Crippen molar-refractivity contribution in [3.63, 3.8) is 0 Å². The van der Waals surface area contributed by atoms with Crippen molar-refractivity contribution >= 4 is 28.9 Å². The molecule has 106 valence electrons. The zero-order chi connectivity index (χ0) is 15.1. The van der Waals surface area contributed by atoms with Gasteiger partial charge in [0.15, 0.2) is 0 Å². The molecule has 1 aliphatic heterocycles. The van der Waals surface area contributed by atoms with E-state index in [1.165, 1.54) is 13.0 Å². The molecule has 20 heavy (non-hydrogen) atoms. The summed E-state index contributed by atoms with van der Waals surface area (Å²) < 4.78 is 0. The van der Waals surface area contributed by atoms with Crippen LogP contribution in [0.3, 0.4) is 0 Å². The van der Waals surface area contributed by atoms with Crippen molar-refractivity contribution in [3.05, 3.63) is 27.8 Å². The summed E-state index contributed by atoms with van der Waals surface area (Å²) in [5.41, 5.74) is 0.654. The Kier molecular flexibility index (Phi) is 3.21. The SMILES string of the molecule is CC(=O)Nc1cc2c(cc1[N+](=O)[O-])NC(=O)CC2(C)C. The zero-order valence-corrected chi connectivity index (χ0v) is 11.4. The van der Waals surface area contributed by atoms with Crippen molar-refractivity contribution in [2.45, 2.75) is 32.6 Å². The molecule has 7 heteroatoms. The summed E-state index contributed by atoms with van der Waals surface area (Å²) in [6, 6.07) is 2.85.